The lowest BCUT2D eigenvalue weighted by atomic mass is 10.0. The summed E-state index contributed by atoms with van der Waals surface area (Å²) in [6.45, 7) is 0.636. The van der Waals surface area contributed by atoms with Gasteiger partial charge >= 0.3 is 0 Å². The Labute approximate surface area is 94.3 Å². The van der Waals surface area contributed by atoms with Gasteiger partial charge in [-0.1, -0.05) is 0 Å². The van der Waals surface area contributed by atoms with Gasteiger partial charge in [0, 0.05) is 12.0 Å². The molecule has 0 N–H and O–H groups in total. The van der Waals surface area contributed by atoms with Crippen LogP contribution >= 0.6 is 0 Å². The van der Waals surface area contributed by atoms with Crippen LogP contribution in [-0.2, 0) is 12.8 Å². The zero-order chi connectivity index (χ0) is 11.5. The second-order valence-corrected chi connectivity index (χ2v) is 3.51. The first kappa shape index (κ1) is 10.6. The highest BCUT2D eigenvalue weighted by molar-refractivity contribution is 5.60. The third-order valence-corrected chi connectivity index (χ3v) is 2.69. The maximum absolute atomic E-state index is 8.78. The molecular formula is C12H13NO3. The molecule has 0 unspecified atom stereocenters. The molecule has 4 nitrogen and oxygen atoms in total. The minimum Gasteiger partial charge on any atom is -0.493 e. The van der Waals surface area contributed by atoms with Gasteiger partial charge < -0.3 is 14.2 Å². The standard InChI is InChI=1S/C12H13NO3/c1-14-10-7-8(3-5-13)9-4-6-16-11(9)12(10)15-2/h7H,3-4,6H2,1-2H3. The van der Waals surface area contributed by atoms with E-state index in [-0.39, 0.29) is 0 Å². The van der Waals surface area contributed by atoms with Gasteiger partial charge in [0.15, 0.2) is 11.5 Å². The van der Waals surface area contributed by atoms with Crippen LogP contribution < -0.4 is 14.2 Å². The van der Waals surface area contributed by atoms with Gasteiger partial charge in [0.05, 0.1) is 33.3 Å². The van der Waals surface area contributed by atoms with Gasteiger partial charge in [0.1, 0.15) is 0 Å². The number of hydrogen-bond donors (Lipinski definition) is 0. The molecule has 0 aromatic heterocycles. The Balaban J connectivity index is 2.59. The monoisotopic (exact) mass is 219 g/mol. The van der Waals surface area contributed by atoms with Crippen molar-refractivity contribution in [3.8, 4) is 23.3 Å². The summed E-state index contributed by atoms with van der Waals surface area (Å²) < 4.78 is 16.0. The Kier molecular flexibility index (Phi) is 2.86. The van der Waals surface area contributed by atoms with Crippen LogP contribution in [-0.4, -0.2) is 20.8 Å². The Bertz CT molecular complexity index is 449. The first-order valence-corrected chi connectivity index (χ1v) is 5.08. The first-order chi connectivity index (χ1) is 7.81. The largest absolute Gasteiger partial charge is 0.493 e. The van der Waals surface area contributed by atoms with Crippen molar-refractivity contribution < 1.29 is 14.2 Å². The van der Waals surface area contributed by atoms with Gasteiger partial charge in [-0.25, -0.2) is 0 Å². The molecule has 0 atom stereocenters. The maximum atomic E-state index is 8.78. The summed E-state index contributed by atoms with van der Waals surface area (Å²) in [6, 6.07) is 4.01. The Morgan fingerprint density at radius 1 is 1.44 bits per heavy atom. The number of hydrogen-bond acceptors (Lipinski definition) is 4. The highest BCUT2D eigenvalue weighted by atomic mass is 16.5. The van der Waals surface area contributed by atoms with Crippen molar-refractivity contribution in [1.29, 1.82) is 5.26 Å². The van der Waals surface area contributed by atoms with Crippen molar-refractivity contribution in [2.24, 2.45) is 0 Å². The van der Waals surface area contributed by atoms with E-state index in [9.17, 15) is 0 Å². The zero-order valence-electron chi connectivity index (χ0n) is 9.37. The van der Waals surface area contributed by atoms with Crippen LogP contribution in [0.5, 0.6) is 17.2 Å². The molecular weight excluding hydrogens is 206 g/mol. The van der Waals surface area contributed by atoms with Crippen LogP contribution in [0.15, 0.2) is 6.07 Å². The third kappa shape index (κ3) is 1.54. The molecule has 0 radical (unpaired) electrons. The van der Waals surface area contributed by atoms with Gasteiger partial charge in [0.2, 0.25) is 5.75 Å². The smallest absolute Gasteiger partial charge is 0.203 e. The molecule has 1 heterocycles. The van der Waals surface area contributed by atoms with Gasteiger partial charge in [-0.2, -0.15) is 5.26 Å². The summed E-state index contributed by atoms with van der Waals surface area (Å²) in [5.74, 6) is 1.97. The summed E-state index contributed by atoms with van der Waals surface area (Å²) in [6.07, 6.45) is 1.19. The van der Waals surface area contributed by atoms with E-state index in [1.807, 2.05) is 6.07 Å². The molecule has 0 bridgehead atoms. The van der Waals surface area contributed by atoms with Gasteiger partial charge in [-0.3, -0.25) is 0 Å². The zero-order valence-corrected chi connectivity index (χ0v) is 9.37. The molecule has 0 fully saturated rings. The summed E-state index contributed by atoms with van der Waals surface area (Å²) in [5.41, 5.74) is 2.03. The third-order valence-electron chi connectivity index (χ3n) is 2.69. The molecule has 1 aliphatic rings. The van der Waals surface area contributed by atoms with E-state index in [1.165, 1.54) is 0 Å². The number of nitriles is 1. The average Bonchev–Trinajstić information content (AvgIpc) is 2.78. The van der Waals surface area contributed by atoms with Gasteiger partial charge in [-0.05, 0) is 11.6 Å². The van der Waals surface area contributed by atoms with E-state index in [1.54, 1.807) is 14.2 Å². The van der Waals surface area contributed by atoms with Crippen molar-refractivity contribution in [3.05, 3.63) is 17.2 Å². The quantitative estimate of drug-likeness (QED) is 0.776. The number of ether oxygens (including phenoxy) is 3. The summed E-state index contributed by atoms with van der Waals surface area (Å²) in [7, 11) is 3.17. The Morgan fingerprint density at radius 3 is 2.88 bits per heavy atom. The molecule has 0 amide bonds. The predicted octanol–water partition coefficient (Wildman–Crippen LogP) is 1.70. The van der Waals surface area contributed by atoms with E-state index < -0.39 is 0 Å². The lowest BCUT2D eigenvalue weighted by molar-refractivity contribution is 0.309. The van der Waals surface area contributed by atoms with E-state index in [2.05, 4.69) is 6.07 Å². The van der Waals surface area contributed by atoms with E-state index >= 15 is 0 Å². The molecule has 0 aliphatic carbocycles. The highest BCUT2D eigenvalue weighted by Crippen LogP contribution is 2.44. The summed E-state index contributed by atoms with van der Waals surface area (Å²) in [4.78, 5) is 0. The van der Waals surface area contributed by atoms with Crippen molar-refractivity contribution >= 4 is 0 Å². The fourth-order valence-corrected chi connectivity index (χ4v) is 1.98. The predicted molar refractivity (Wildman–Crippen MR) is 58.1 cm³/mol. The number of rotatable bonds is 3. The fourth-order valence-electron chi connectivity index (χ4n) is 1.98. The van der Waals surface area contributed by atoms with Crippen LogP contribution in [0.3, 0.4) is 0 Å². The van der Waals surface area contributed by atoms with Crippen LogP contribution in [0.2, 0.25) is 0 Å². The fraction of sp³-hybridized carbons (Fsp3) is 0.417. The van der Waals surface area contributed by atoms with E-state index in [4.69, 9.17) is 19.5 Å². The van der Waals surface area contributed by atoms with Crippen molar-refractivity contribution in [2.75, 3.05) is 20.8 Å². The van der Waals surface area contributed by atoms with Crippen LogP contribution in [0, 0.1) is 11.3 Å². The van der Waals surface area contributed by atoms with Gasteiger partial charge in [-0.15, -0.1) is 0 Å². The van der Waals surface area contributed by atoms with E-state index in [0.29, 0.717) is 24.5 Å². The summed E-state index contributed by atoms with van der Waals surface area (Å²) >= 11 is 0. The molecule has 0 saturated heterocycles. The van der Waals surface area contributed by atoms with Crippen LogP contribution in [0.1, 0.15) is 11.1 Å². The molecule has 2 rings (SSSR count). The molecule has 1 aliphatic heterocycles. The molecule has 84 valence electrons. The van der Waals surface area contributed by atoms with Crippen molar-refractivity contribution in [3.63, 3.8) is 0 Å². The lowest BCUT2D eigenvalue weighted by Crippen LogP contribution is -1.97. The molecule has 0 spiro atoms. The highest BCUT2D eigenvalue weighted by Gasteiger charge is 2.24. The number of nitrogens with zero attached hydrogens (tertiary/aromatic N) is 1. The lowest BCUT2D eigenvalue weighted by Gasteiger charge is -2.13. The minimum atomic E-state index is 0.367. The van der Waals surface area contributed by atoms with Gasteiger partial charge in [0.25, 0.3) is 0 Å². The van der Waals surface area contributed by atoms with Crippen molar-refractivity contribution in [2.45, 2.75) is 12.8 Å². The number of methoxy groups -OCH3 is 2. The molecule has 1 aromatic rings. The van der Waals surface area contributed by atoms with Crippen molar-refractivity contribution in [1.82, 2.24) is 0 Å². The second-order valence-electron chi connectivity index (χ2n) is 3.51. The van der Waals surface area contributed by atoms with E-state index in [0.717, 1.165) is 23.3 Å². The second kappa shape index (κ2) is 4.31. The number of fused-ring (bicyclic) bond motifs is 1. The summed E-state index contributed by atoms with van der Waals surface area (Å²) in [5, 5.41) is 8.78. The normalized spacial score (nSPS) is 12.6. The molecule has 0 saturated carbocycles. The topological polar surface area (TPSA) is 51.5 Å². The minimum absolute atomic E-state index is 0.367. The SMILES string of the molecule is COc1cc(CC#N)c2c(c1OC)OCC2. The molecule has 4 heteroatoms. The van der Waals surface area contributed by atoms with Crippen LogP contribution in [0.25, 0.3) is 0 Å². The Hall–Kier alpha value is -1.89. The molecule has 1 aromatic carbocycles. The Morgan fingerprint density at radius 2 is 2.25 bits per heavy atom. The number of benzene rings is 1. The maximum Gasteiger partial charge on any atom is 0.203 e. The first-order valence-electron chi connectivity index (χ1n) is 5.08. The molecule has 16 heavy (non-hydrogen) atoms. The average molecular weight is 219 g/mol. The van der Waals surface area contributed by atoms with Crippen LogP contribution in [0.4, 0.5) is 0 Å².